The molecule has 0 unspecified atom stereocenters. The number of nitrogens with zero attached hydrogens (tertiary/aromatic N) is 1. The van der Waals surface area contributed by atoms with E-state index in [0.29, 0.717) is 24.3 Å². The first-order valence-electron chi connectivity index (χ1n) is 11.6. The molecule has 3 rings (SSSR count). The number of hydrogen-bond donors (Lipinski definition) is 2. The van der Waals surface area contributed by atoms with Crippen LogP contribution in [0, 0.1) is 11.7 Å². The molecule has 1 saturated heterocycles. The summed E-state index contributed by atoms with van der Waals surface area (Å²) in [5.74, 6) is -0.719. The summed E-state index contributed by atoms with van der Waals surface area (Å²) in [6.45, 7) is 5.22. The minimum atomic E-state index is -3.58. The maximum atomic E-state index is 13.2. The first kappa shape index (κ1) is 25.8. The van der Waals surface area contributed by atoms with Crippen LogP contribution >= 0.6 is 0 Å². The van der Waals surface area contributed by atoms with Crippen LogP contribution in [0.5, 0.6) is 0 Å². The van der Waals surface area contributed by atoms with Crippen LogP contribution in [-0.2, 0) is 26.0 Å². The Hall–Kier alpha value is -2.78. The SMILES string of the molecule is CC(C)c1ccc(S(=O)(=O)N2CCC(C(=O)NCCNC(=O)Cc3cccc(F)c3)CC2)cc1. The monoisotopic (exact) mass is 489 g/mol. The Morgan fingerprint density at radius 2 is 1.68 bits per heavy atom. The largest absolute Gasteiger partial charge is 0.354 e. The molecule has 0 radical (unpaired) electrons. The van der Waals surface area contributed by atoms with E-state index in [1.54, 1.807) is 24.3 Å². The van der Waals surface area contributed by atoms with Gasteiger partial charge in [-0.25, -0.2) is 12.8 Å². The van der Waals surface area contributed by atoms with Gasteiger partial charge in [-0.15, -0.1) is 0 Å². The topological polar surface area (TPSA) is 95.6 Å². The summed E-state index contributed by atoms with van der Waals surface area (Å²) in [5.41, 5.74) is 1.67. The number of rotatable bonds is 9. The number of halogens is 1. The van der Waals surface area contributed by atoms with Crippen molar-refractivity contribution in [2.45, 2.75) is 43.9 Å². The minimum Gasteiger partial charge on any atom is -0.354 e. The zero-order valence-corrected chi connectivity index (χ0v) is 20.4. The highest BCUT2D eigenvalue weighted by Crippen LogP contribution is 2.25. The predicted molar refractivity (Wildman–Crippen MR) is 128 cm³/mol. The van der Waals surface area contributed by atoms with Crippen LogP contribution in [0.4, 0.5) is 4.39 Å². The standard InChI is InChI=1S/C25H32FN3O4S/c1-18(2)20-6-8-23(9-7-20)34(32,33)29-14-10-21(11-15-29)25(31)28-13-12-27-24(30)17-19-4-3-5-22(26)16-19/h3-9,16,18,21H,10-15,17H2,1-2H3,(H,27,30)(H,28,31). The maximum Gasteiger partial charge on any atom is 0.243 e. The lowest BCUT2D eigenvalue weighted by Gasteiger charge is -2.30. The van der Waals surface area contributed by atoms with Gasteiger partial charge >= 0.3 is 0 Å². The Labute approximate surface area is 200 Å². The second-order valence-corrected chi connectivity index (χ2v) is 10.8. The Bertz CT molecular complexity index is 1100. The van der Waals surface area contributed by atoms with E-state index in [-0.39, 0.29) is 61.0 Å². The van der Waals surface area contributed by atoms with Crippen molar-refractivity contribution in [1.82, 2.24) is 14.9 Å². The minimum absolute atomic E-state index is 0.0683. The van der Waals surface area contributed by atoms with E-state index in [1.165, 1.54) is 16.4 Å². The normalized spacial score (nSPS) is 15.3. The Kier molecular flexibility index (Phi) is 8.79. The molecule has 0 saturated carbocycles. The van der Waals surface area contributed by atoms with Gasteiger partial charge in [-0.1, -0.05) is 38.1 Å². The molecule has 1 fully saturated rings. The zero-order valence-electron chi connectivity index (χ0n) is 19.6. The highest BCUT2D eigenvalue weighted by atomic mass is 32.2. The van der Waals surface area contributed by atoms with Crippen molar-refractivity contribution < 1.29 is 22.4 Å². The third-order valence-electron chi connectivity index (χ3n) is 6.01. The summed E-state index contributed by atoms with van der Waals surface area (Å²) in [6, 6.07) is 12.8. The third kappa shape index (κ3) is 6.87. The summed E-state index contributed by atoms with van der Waals surface area (Å²) in [5, 5.41) is 5.50. The molecule has 2 aromatic rings. The fraction of sp³-hybridized carbons (Fsp3) is 0.440. The second-order valence-electron chi connectivity index (χ2n) is 8.85. The van der Waals surface area contributed by atoms with E-state index in [2.05, 4.69) is 24.5 Å². The van der Waals surface area contributed by atoms with Gasteiger partial charge in [0.15, 0.2) is 0 Å². The van der Waals surface area contributed by atoms with E-state index in [1.807, 2.05) is 12.1 Å². The van der Waals surface area contributed by atoms with Gasteiger partial charge in [0.1, 0.15) is 5.82 Å². The van der Waals surface area contributed by atoms with Gasteiger partial charge in [-0.05, 0) is 54.2 Å². The number of amides is 2. The Morgan fingerprint density at radius 1 is 1.03 bits per heavy atom. The number of piperidine rings is 1. The first-order chi connectivity index (χ1) is 16.2. The van der Waals surface area contributed by atoms with Crippen LogP contribution in [-0.4, -0.2) is 50.7 Å². The third-order valence-corrected chi connectivity index (χ3v) is 7.92. The van der Waals surface area contributed by atoms with E-state index >= 15 is 0 Å². The lowest BCUT2D eigenvalue weighted by Crippen LogP contribution is -2.44. The van der Waals surface area contributed by atoms with Crippen LogP contribution in [0.1, 0.15) is 43.7 Å². The number of carbonyl (C=O) groups is 2. The average Bonchev–Trinajstić information content (AvgIpc) is 2.82. The quantitative estimate of drug-likeness (QED) is 0.530. The predicted octanol–water partition coefficient (Wildman–Crippen LogP) is 2.82. The Morgan fingerprint density at radius 3 is 2.29 bits per heavy atom. The molecular formula is C25H32FN3O4S. The molecule has 0 aliphatic carbocycles. The van der Waals surface area contributed by atoms with Crippen molar-refractivity contribution in [3.8, 4) is 0 Å². The number of nitrogens with one attached hydrogen (secondary N) is 2. The summed E-state index contributed by atoms with van der Waals surface area (Å²) in [7, 11) is -3.58. The number of sulfonamides is 1. The lowest BCUT2D eigenvalue weighted by atomic mass is 9.97. The Balaban J connectivity index is 1.39. The van der Waals surface area contributed by atoms with E-state index < -0.39 is 10.0 Å². The maximum absolute atomic E-state index is 13.2. The number of carbonyl (C=O) groups excluding carboxylic acids is 2. The lowest BCUT2D eigenvalue weighted by molar-refractivity contribution is -0.126. The number of benzene rings is 2. The van der Waals surface area contributed by atoms with Crippen molar-refractivity contribution in [2.24, 2.45) is 5.92 Å². The van der Waals surface area contributed by atoms with E-state index in [9.17, 15) is 22.4 Å². The number of hydrogen-bond acceptors (Lipinski definition) is 4. The molecule has 9 heteroatoms. The second kappa shape index (κ2) is 11.6. The highest BCUT2D eigenvalue weighted by molar-refractivity contribution is 7.89. The molecule has 34 heavy (non-hydrogen) atoms. The zero-order chi connectivity index (χ0) is 24.7. The van der Waals surface area contributed by atoms with Gasteiger partial charge in [0, 0.05) is 32.1 Å². The van der Waals surface area contributed by atoms with Crippen molar-refractivity contribution in [2.75, 3.05) is 26.2 Å². The molecule has 2 amide bonds. The summed E-state index contributed by atoms with van der Waals surface area (Å²) < 4.78 is 40.5. The molecule has 1 aliphatic rings. The molecule has 2 N–H and O–H groups in total. The first-order valence-corrected chi connectivity index (χ1v) is 13.0. The fourth-order valence-corrected chi connectivity index (χ4v) is 5.43. The molecule has 0 aromatic heterocycles. The summed E-state index contributed by atoms with van der Waals surface area (Å²) in [6.07, 6.45) is 0.959. The van der Waals surface area contributed by atoms with Crippen LogP contribution in [0.2, 0.25) is 0 Å². The fourth-order valence-electron chi connectivity index (χ4n) is 3.96. The van der Waals surface area contributed by atoms with Gasteiger partial charge in [0.2, 0.25) is 21.8 Å². The highest BCUT2D eigenvalue weighted by Gasteiger charge is 2.32. The summed E-state index contributed by atoms with van der Waals surface area (Å²) >= 11 is 0. The van der Waals surface area contributed by atoms with Crippen molar-refractivity contribution >= 4 is 21.8 Å². The van der Waals surface area contributed by atoms with Crippen LogP contribution in [0.15, 0.2) is 53.4 Å². The van der Waals surface area contributed by atoms with E-state index in [4.69, 9.17) is 0 Å². The molecule has 7 nitrogen and oxygen atoms in total. The van der Waals surface area contributed by atoms with Crippen molar-refractivity contribution in [3.05, 3.63) is 65.5 Å². The molecular weight excluding hydrogens is 457 g/mol. The average molecular weight is 490 g/mol. The van der Waals surface area contributed by atoms with Crippen LogP contribution in [0.3, 0.4) is 0 Å². The molecule has 0 spiro atoms. The van der Waals surface area contributed by atoms with Crippen molar-refractivity contribution in [1.29, 1.82) is 0 Å². The van der Waals surface area contributed by atoms with Gasteiger partial charge in [-0.2, -0.15) is 4.31 Å². The smallest absolute Gasteiger partial charge is 0.243 e. The molecule has 1 aliphatic heterocycles. The van der Waals surface area contributed by atoms with Crippen LogP contribution < -0.4 is 10.6 Å². The van der Waals surface area contributed by atoms with Crippen molar-refractivity contribution in [3.63, 3.8) is 0 Å². The van der Waals surface area contributed by atoms with Gasteiger partial charge in [0.05, 0.1) is 11.3 Å². The molecule has 0 atom stereocenters. The van der Waals surface area contributed by atoms with Crippen LogP contribution in [0.25, 0.3) is 0 Å². The van der Waals surface area contributed by atoms with E-state index in [0.717, 1.165) is 5.56 Å². The molecule has 184 valence electrons. The van der Waals surface area contributed by atoms with Gasteiger partial charge in [-0.3, -0.25) is 9.59 Å². The molecule has 1 heterocycles. The molecule has 2 aromatic carbocycles. The molecule has 0 bridgehead atoms. The van der Waals surface area contributed by atoms with Gasteiger partial charge in [0.25, 0.3) is 0 Å². The van der Waals surface area contributed by atoms with Gasteiger partial charge < -0.3 is 10.6 Å². The summed E-state index contributed by atoms with van der Waals surface area (Å²) in [4.78, 5) is 24.7.